The lowest BCUT2D eigenvalue weighted by molar-refractivity contribution is 0.421. The third-order valence-electron chi connectivity index (χ3n) is 3.53. The maximum atomic E-state index is 12.7. The fourth-order valence-corrected chi connectivity index (χ4v) is 4.13. The van der Waals surface area contributed by atoms with Gasteiger partial charge in [-0.1, -0.05) is 58.4 Å². The zero-order valence-corrected chi connectivity index (χ0v) is 15.3. The van der Waals surface area contributed by atoms with Crippen molar-refractivity contribution in [1.29, 1.82) is 0 Å². The summed E-state index contributed by atoms with van der Waals surface area (Å²) in [5, 5.41) is 0. The van der Waals surface area contributed by atoms with E-state index in [2.05, 4.69) is 15.9 Å². The molecule has 0 fully saturated rings. The Morgan fingerprint density at radius 1 is 0.913 bits per heavy atom. The molecule has 23 heavy (non-hydrogen) atoms. The van der Waals surface area contributed by atoms with Gasteiger partial charge in [0.1, 0.15) is 0 Å². The van der Waals surface area contributed by atoms with Crippen molar-refractivity contribution in [3.05, 3.63) is 70.2 Å². The minimum atomic E-state index is -3.38. The first kappa shape index (κ1) is 18.1. The Hall–Kier alpha value is -1.21. The first-order valence-corrected chi connectivity index (χ1v) is 9.88. The van der Waals surface area contributed by atoms with Crippen molar-refractivity contribution in [1.82, 2.24) is 4.31 Å². The van der Waals surface area contributed by atoms with Gasteiger partial charge in [-0.2, -0.15) is 0 Å². The molecule has 0 bridgehead atoms. The lowest BCUT2D eigenvalue weighted by Crippen LogP contribution is -2.37. The number of nitrogens with zero attached hydrogens (tertiary/aromatic N) is 1. The van der Waals surface area contributed by atoms with Crippen LogP contribution in [0.1, 0.15) is 11.1 Å². The van der Waals surface area contributed by atoms with Gasteiger partial charge in [0.25, 0.3) is 0 Å². The molecule has 0 aliphatic heterocycles. The molecule has 2 N–H and O–H groups in total. The Balaban J connectivity index is 2.06. The topological polar surface area (TPSA) is 63.4 Å². The van der Waals surface area contributed by atoms with E-state index in [1.807, 2.05) is 54.6 Å². The number of sulfonamides is 1. The highest BCUT2D eigenvalue weighted by molar-refractivity contribution is 9.10. The standard InChI is InChI=1S/C17H21BrN2O2S/c18-17-8-6-16(7-9-17)14-23(21,22)20(13-11-19)12-10-15-4-2-1-3-5-15/h1-9H,10-14,19H2. The molecule has 0 aliphatic rings. The van der Waals surface area contributed by atoms with Crippen molar-refractivity contribution in [2.24, 2.45) is 5.73 Å². The first-order chi connectivity index (χ1) is 11.0. The van der Waals surface area contributed by atoms with Gasteiger partial charge in [-0.3, -0.25) is 0 Å². The third-order valence-corrected chi connectivity index (χ3v) is 5.91. The van der Waals surface area contributed by atoms with Gasteiger partial charge in [-0.15, -0.1) is 0 Å². The number of halogens is 1. The zero-order valence-electron chi connectivity index (χ0n) is 12.9. The van der Waals surface area contributed by atoms with Crippen molar-refractivity contribution in [2.75, 3.05) is 19.6 Å². The second-order valence-corrected chi connectivity index (χ2v) is 8.19. The maximum absolute atomic E-state index is 12.7. The fraction of sp³-hybridized carbons (Fsp3) is 0.294. The van der Waals surface area contributed by atoms with Crippen LogP contribution >= 0.6 is 15.9 Å². The van der Waals surface area contributed by atoms with E-state index in [4.69, 9.17) is 5.73 Å². The van der Waals surface area contributed by atoms with E-state index in [0.29, 0.717) is 26.1 Å². The van der Waals surface area contributed by atoms with Crippen molar-refractivity contribution < 1.29 is 8.42 Å². The molecule has 2 aromatic rings. The molecule has 2 rings (SSSR count). The van der Waals surface area contributed by atoms with E-state index in [1.54, 1.807) is 0 Å². The largest absolute Gasteiger partial charge is 0.329 e. The number of benzene rings is 2. The molecule has 0 saturated heterocycles. The van der Waals surface area contributed by atoms with Gasteiger partial charge in [0.15, 0.2) is 0 Å². The van der Waals surface area contributed by atoms with E-state index in [1.165, 1.54) is 4.31 Å². The molecule has 2 aromatic carbocycles. The van der Waals surface area contributed by atoms with Crippen LogP contribution < -0.4 is 5.73 Å². The predicted octanol–water partition coefficient (Wildman–Crippen LogP) is 2.78. The predicted molar refractivity (Wildman–Crippen MR) is 97.5 cm³/mol. The van der Waals surface area contributed by atoms with E-state index in [9.17, 15) is 8.42 Å². The quantitative estimate of drug-likeness (QED) is 0.745. The van der Waals surface area contributed by atoms with Gasteiger partial charge >= 0.3 is 0 Å². The van der Waals surface area contributed by atoms with E-state index >= 15 is 0 Å². The van der Waals surface area contributed by atoms with Crippen molar-refractivity contribution >= 4 is 26.0 Å². The molecule has 0 atom stereocenters. The number of nitrogens with two attached hydrogens (primary N) is 1. The molecule has 0 radical (unpaired) electrons. The highest BCUT2D eigenvalue weighted by atomic mass is 79.9. The summed E-state index contributed by atoms with van der Waals surface area (Å²) in [6, 6.07) is 17.2. The molecule has 0 spiro atoms. The fourth-order valence-electron chi connectivity index (χ4n) is 2.31. The second-order valence-electron chi connectivity index (χ2n) is 5.31. The summed E-state index contributed by atoms with van der Waals surface area (Å²) >= 11 is 3.35. The lowest BCUT2D eigenvalue weighted by atomic mass is 10.1. The number of rotatable bonds is 8. The Morgan fingerprint density at radius 2 is 1.57 bits per heavy atom. The van der Waals surface area contributed by atoms with E-state index < -0.39 is 10.0 Å². The average molecular weight is 397 g/mol. The summed E-state index contributed by atoms with van der Waals surface area (Å²) < 4.78 is 27.7. The van der Waals surface area contributed by atoms with Gasteiger partial charge < -0.3 is 5.73 Å². The van der Waals surface area contributed by atoms with Crippen molar-refractivity contribution in [3.8, 4) is 0 Å². The summed E-state index contributed by atoms with van der Waals surface area (Å²) in [4.78, 5) is 0. The molecular weight excluding hydrogens is 376 g/mol. The van der Waals surface area contributed by atoms with Crippen LogP contribution in [-0.2, 0) is 22.2 Å². The molecule has 6 heteroatoms. The Labute approximate surface area is 146 Å². The molecule has 124 valence electrons. The minimum Gasteiger partial charge on any atom is -0.329 e. The normalized spacial score (nSPS) is 11.8. The minimum absolute atomic E-state index is 0.00489. The Morgan fingerprint density at radius 3 is 2.17 bits per heavy atom. The molecule has 0 aromatic heterocycles. The van der Waals surface area contributed by atoms with Gasteiger partial charge in [0.05, 0.1) is 5.75 Å². The monoisotopic (exact) mass is 396 g/mol. The van der Waals surface area contributed by atoms with Crippen LogP contribution in [0, 0.1) is 0 Å². The lowest BCUT2D eigenvalue weighted by Gasteiger charge is -2.21. The highest BCUT2D eigenvalue weighted by Gasteiger charge is 2.21. The van der Waals surface area contributed by atoms with Crippen LogP contribution in [0.15, 0.2) is 59.1 Å². The van der Waals surface area contributed by atoms with Gasteiger partial charge in [0.2, 0.25) is 10.0 Å². The van der Waals surface area contributed by atoms with Crippen LogP contribution in [0.2, 0.25) is 0 Å². The van der Waals surface area contributed by atoms with E-state index in [0.717, 1.165) is 15.6 Å². The molecule has 4 nitrogen and oxygen atoms in total. The summed E-state index contributed by atoms with van der Waals surface area (Å²) in [5.41, 5.74) is 7.49. The van der Waals surface area contributed by atoms with Crippen molar-refractivity contribution in [2.45, 2.75) is 12.2 Å². The molecule has 0 amide bonds. The van der Waals surface area contributed by atoms with Crippen LogP contribution in [0.5, 0.6) is 0 Å². The van der Waals surface area contributed by atoms with Crippen LogP contribution in [0.3, 0.4) is 0 Å². The van der Waals surface area contributed by atoms with Crippen LogP contribution in [0.4, 0.5) is 0 Å². The zero-order chi connectivity index (χ0) is 16.7. The molecule has 0 saturated carbocycles. The molecule has 0 unspecified atom stereocenters. The molecule has 0 heterocycles. The Bertz CT molecular complexity index is 703. The van der Waals surface area contributed by atoms with Crippen LogP contribution in [0.25, 0.3) is 0 Å². The van der Waals surface area contributed by atoms with Crippen molar-refractivity contribution in [3.63, 3.8) is 0 Å². The summed E-state index contributed by atoms with van der Waals surface area (Å²) in [7, 11) is -3.38. The smallest absolute Gasteiger partial charge is 0.218 e. The first-order valence-electron chi connectivity index (χ1n) is 7.47. The SMILES string of the molecule is NCCN(CCc1ccccc1)S(=O)(=O)Cc1ccc(Br)cc1. The second kappa shape index (κ2) is 8.59. The summed E-state index contributed by atoms with van der Waals surface area (Å²) in [5.74, 6) is -0.00489. The maximum Gasteiger partial charge on any atom is 0.218 e. The summed E-state index contributed by atoms with van der Waals surface area (Å²) in [6.07, 6.45) is 0.681. The van der Waals surface area contributed by atoms with E-state index in [-0.39, 0.29) is 5.75 Å². The highest BCUT2D eigenvalue weighted by Crippen LogP contribution is 2.15. The Kier molecular flexibility index (Phi) is 6.77. The van der Waals surface area contributed by atoms with Gasteiger partial charge in [-0.25, -0.2) is 12.7 Å². The average Bonchev–Trinajstić information content (AvgIpc) is 2.54. The third kappa shape index (κ3) is 5.73. The number of hydrogen-bond donors (Lipinski definition) is 1. The molecule has 0 aliphatic carbocycles. The number of hydrogen-bond acceptors (Lipinski definition) is 3. The van der Waals surface area contributed by atoms with Gasteiger partial charge in [0, 0.05) is 24.1 Å². The summed E-state index contributed by atoms with van der Waals surface area (Å²) in [6.45, 7) is 1.10. The van der Waals surface area contributed by atoms with Crippen LogP contribution in [-0.4, -0.2) is 32.4 Å². The molecular formula is C17H21BrN2O2S. The van der Waals surface area contributed by atoms with Gasteiger partial charge in [-0.05, 0) is 29.7 Å².